The monoisotopic (exact) mass is 840 g/mol. The van der Waals surface area contributed by atoms with E-state index in [1.54, 1.807) is 0 Å². The Bertz CT molecular complexity index is 3680. The van der Waals surface area contributed by atoms with Crippen LogP contribution in [0.15, 0.2) is 231 Å². The molecule has 0 radical (unpaired) electrons. The van der Waals surface area contributed by atoms with Crippen LogP contribution in [0.5, 0.6) is 0 Å². The molecule has 0 amide bonds. The van der Waals surface area contributed by atoms with Crippen LogP contribution in [0.25, 0.3) is 88.8 Å². The van der Waals surface area contributed by atoms with Gasteiger partial charge in [-0.2, -0.15) is 0 Å². The predicted octanol–water partition coefficient (Wildman–Crippen LogP) is 16.1. The van der Waals surface area contributed by atoms with Gasteiger partial charge in [0.2, 0.25) is 0 Å². The Morgan fingerprint density at radius 2 is 0.864 bits per heavy atom. The number of fused-ring (bicyclic) bond motifs is 9. The van der Waals surface area contributed by atoms with Crippen LogP contribution in [0.1, 0.15) is 47.2 Å². The molecule has 0 N–H and O–H groups in total. The summed E-state index contributed by atoms with van der Waals surface area (Å²) < 4.78 is 0. The average Bonchev–Trinajstić information content (AvgIpc) is 3.83. The Kier molecular flexibility index (Phi) is 8.51. The van der Waals surface area contributed by atoms with Gasteiger partial charge in [-0.15, -0.1) is 0 Å². The summed E-state index contributed by atoms with van der Waals surface area (Å²) in [4.78, 5) is 11.1. The van der Waals surface area contributed by atoms with Gasteiger partial charge in [-0.1, -0.05) is 232 Å². The minimum absolute atomic E-state index is 0.156. The summed E-state index contributed by atoms with van der Waals surface area (Å²) in [5.74, 6) is 0.698. The largest absolute Gasteiger partial charge is 0.228 e. The van der Waals surface area contributed by atoms with Gasteiger partial charge in [-0.3, -0.25) is 0 Å². The molecule has 0 bridgehead atoms. The first kappa shape index (κ1) is 38.3. The minimum atomic E-state index is -0.590. The van der Waals surface area contributed by atoms with E-state index in [9.17, 15) is 0 Å². The predicted molar refractivity (Wildman–Crippen MR) is 274 cm³/mol. The molecule has 13 rings (SSSR count). The van der Waals surface area contributed by atoms with E-state index in [0.717, 1.165) is 33.5 Å². The molecule has 1 heterocycles. The molecular formula is C64H44N2. The zero-order valence-electron chi connectivity index (χ0n) is 36.8. The van der Waals surface area contributed by atoms with Crippen molar-refractivity contribution in [2.24, 2.45) is 0 Å². The molecule has 2 aliphatic rings. The summed E-state index contributed by atoms with van der Waals surface area (Å²) >= 11 is 0. The molecule has 0 spiro atoms. The van der Waals surface area contributed by atoms with Gasteiger partial charge in [0.05, 0.1) is 16.8 Å². The highest BCUT2D eigenvalue weighted by molar-refractivity contribution is 6.09. The lowest BCUT2D eigenvalue weighted by molar-refractivity contribution is 0.666. The molecule has 0 aliphatic heterocycles. The van der Waals surface area contributed by atoms with Crippen molar-refractivity contribution < 1.29 is 0 Å². The van der Waals surface area contributed by atoms with E-state index < -0.39 is 5.41 Å². The highest BCUT2D eigenvalue weighted by Crippen LogP contribution is 2.59. The SMILES string of the molecule is CC1(C)c2cccc(-c3ccc(-c4nc(-c5ccccc5)cc(-c5cccc6c5C(c5ccccc5)(c5ccccc5)c5ccccc5-6)n4)c4ccccc34)c2-c2ccc3ccccc3c21. The molecule has 0 unspecified atom stereocenters. The number of rotatable bonds is 6. The molecule has 310 valence electrons. The Balaban J connectivity index is 1.05. The van der Waals surface area contributed by atoms with Crippen molar-refractivity contribution in [3.05, 3.63) is 264 Å². The summed E-state index contributed by atoms with van der Waals surface area (Å²) in [6.07, 6.45) is 0. The van der Waals surface area contributed by atoms with Gasteiger partial charge in [0.1, 0.15) is 0 Å². The Morgan fingerprint density at radius 1 is 0.333 bits per heavy atom. The van der Waals surface area contributed by atoms with Crippen molar-refractivity contribution in [1.82, 2.24) is 9.97 Å². The maximum absolute atomic E-state index is 5.67. The lowest BCUT2D eigenvalue weighted by atomic mass is 9.66. The lowest BCUT2D eigenvalue weighted by Gasteiger charge is -2.35. The second-order valence-electron chi connectivity index (χ2n) is 18.4. The van der Waals surface area contributed by atoms with Crippen molar-refractivity contribution in [3.63, 3.8) is 0 Å². The fourth-order valence-electron chi connectivity index (χ4n) is 11.8. The fourth-order valence-corrected chi connectivity index (χ4v) is 11.8. The van der Waals surface area contributed by atoms with Crippen molar-refractivity contribution >= 4 is 21.5 Å². The molecule has 66 heavy (non-hydrogen) atoms. The third-order valence-electron chi connectivity index (χ3n) is 14.6. The van der Waals surface area contributed by atoms with Crippen LogP contribution in [-0.4, -0.2) is 9.97 Å². The second-order valence-corrected chi connectivity index (χ2v) is 18.4. The van der Waals surface area contributed by atoms with Gasteiger partial charge in [-0.25, -0.2) is 9.97 Å². The smallest absolute Gasteiger partial charge is 0.161 e. The molecule has 11 aromatic rings. The van der Waals surface area contributed by atoms with Crippen LogP contribution >= 0.6 is 0 Å². The van der Waals surface area contributed by atoms with E-state index in [-0.39, 0.29) is 5.41 Å². The van der Waals surface area contributed by atoms with Gasteiger partial charge in [0.25, 0.3) is 0 Å². The Labute approximate surface area is 385 Å². The molecule has 2 nitrogen and oxygen atoms in total. The molecule has 0 saturated carbocycles. The van der Waals surface area contributed by atoms with Crippen LogP contribution < -0.4 is 0 Å². The molecule has 2 heteroatoms. The summed E-state index contributed by atoms with van der Waals surface area (Å²) in [7, 11) is 0. The zero-order chi connectivity index (χ0) is 44.0. The van der Waals surface area contributed by atoms with Crippen LogP contribution in [0.2, 0.25) is 0 Å². The topological polar surface area (TPSA) is 25.8 Å². The highest BCUT2D eigenvalue weighted by atomic mass is 14.9. The molecule has 0 atom stereocenters. The quantitative estimate of drug-likeness (QED) is 0.167. The average molecular weight is 841 g/mol. The molecular weight excluding hydrogens is 797 g/mol. The maximum Gasteiger partial charge on any atom is 0.161 e. The molecule has 0 fully saturated rings. The first-order valence-corrected chi connectivity index (χ1v) is 23.0. The van der Waals surface area contributed by atoms with Crippen LogP contribution in [0.4, 0.5) is 0 Å². The van der Waals surface area contributed by atoms with Gasteiger partial charge in [0.15, 0.2) is 5.82 Å². The van der Waals surface area contributed by atoms with E-state index in [2.05, 4.69) is 244 Å². The van der Waals surface area contributed by atoms with E-state index in [1.165, 1.54) is 82.9 Å². The third-order valence-corrected chi connectivity index (χ3v) is 14.6. The van der Waals surface area contributed by atoms with Crippen molar-refractivity contribution in [2.75, 3.05) is 0 Å². The maximum atomic E-state index is 5.67. The van der Waals surface area contributed by atoms with Crippen molar-refractivity contribution in [1.29, 1.82) is 0 Å². The summed E-state index contributed by atoms with van der Waals surface area (Å²) in [6, 6.07) is 84.2. The van der Waals surface area contributed by atoms with E-state index in [4.69, 9.17) is 9.97 Å². The number of aromatic nitrogens is 2. The molecule has 1 aromatic heterocycles. The van der Waals surface area contributed by atoms with E-state index in [0.29, 0.717) is 5.82 Å². The van der Waals surface area contributed by atoms with Crippen LogP contribution in [0.3, 0.4) is 0 Å². The zero-order valence-corrected chi connectivity index (χ0v) is 36.8. The number of hydrogen-bond donors (Lipinski definition) is 0. The van der Waals surface area contributed by atoms with Crippen molar-refractivity contribution in [2.45, 2.75) is 24.7 Å². The Hall–Kier alpha value is -8.20. The van der Waals surface area contributed by atoms with Crippen molar-refractivity contribution in [3.8, 4) is 67.3 Å². The van der Waals surface area contributed by atoms with Gasteiger partial charge >= 0.3 is 0 Å². The first-order valence-electron chi connectivity index (χ1n) is 23.0. The summed E-state index contributed by atoms with van der Waals surface area (Å²) in [5.41, 5.74) is 19.4. The normalized spacial score (nSPS) is 13.8. The van der Waals surface area contributed by atoms with E-state index >= 15 is 0 Å². The van der Waals surface area contributed by atoms with Gasteiger partial charge in [0, 0.05) is 22.1 Å². The number of nitrogens with zero attached hydrogens (tertiary/aromatic N) is 2. The Morgan fingerprint density at radius 3 is 1.62 bits per heavy atom. The van der Waals surface area contributed by atoms with Gasteiger partial charge < -0.3 is 0 Å². The second kappa shape index (κ2) is 14.7. The molecule has 2 aliphatic carbocycles. The number of benzene rings is 10. The fraction of sp³-hybridized carbons (Fsp3) is 0.0625. The summed E-state index contributed by atoms with van der Waals surface area (Å²) in [6.45, 7) is 4.77. The third kappa shape index (κ3) is 5.48. The molecule has 10 aromatic carbocycles. The first-order chi connectivity index (χ1) is 32.5. The lowest BCUT2D eigenvalue weighted by Crippen LogP contribution is -2.29. The van der Waals surface area contributed by atoms with Crippen LogP contribution in [0, 0.1) is 0 Å². The summed E-state index contributed by atoms with van der Waals surface area (Å²) in [5, 5.41) is 4.90. The van der Waals surface area contributed by atoms with E-state index in [1.807, 2.05) is 0 Å². The van der Waals surface area contributed by atoms with Gasteiger partial charge in [-0.05, 0) is 100 Å². The highest BCUT2D eigenvalue weighted by Gasteiger charge is 2.48. The molecule has 0 saturated heterocycles. The number of hydrogen-bond acceptors (Lipinski definition) is 2. The minimum Gasteiger partial charge on any atom is -0.228 e. The van der Waals surface area contributed by atoms with Crippen LogP contribution in [-0.2, 0) is 10.8 Å². The standard InChI is InChI=1S/C64H44N2/c1-63(2)56-35-19-31-50(59(56)54-37-36-41-20-12-13-27-45(41)60(54)63)48-38-39-52(47-29-15-14-28-46(47)48)62-65-57(42-21-6-3-7-22-42)40-58(66-62)53-33-18-32-51-49-30-16-17-34-55(49)64(61(51)53,43-23-8-4-9-24-43)44-25-10-5-11-26-44/h3-40H,1-2H3.